The number of ether oxygens (including phenoxy) is 1. The minimum absolute atomic E-state index is 0.00578. The summed E-state index contributed by atoms with van der Waals surface area (Å²) in [5, 5.41) is 2.21. The van der Waals surface area contributed by atoms with Gasteiger partial charge in [-0.15, -0.1) is 11.3 Å². The maximum Gasteiger partial charge on any atom is 0.250 e. The molecule has 2 bridgehead atoms. The van der Waals surface area contributed by atoms with Gasteiger partial charge in [-0.25, -0.2) is 13.1 Å². The molecule has 1 N–H and O–H groups in total. The highest BCUT2D eigenvalue weighted by molar-refractivity contribution is 7.91. The Balaban J connectivity index is 1.45. The lowest BCUT2D eigenvalue weighted by atomic mass is 10.0. The molecule has 0 radical (unpaired) electrons. The van der Waals surface area contributed by atoms with E-state index in [1.165, 1.54) is 11.3 Å². The van der Waals surface area contributed by atoms with Gasteiger partial charge in [0.2, 0.25) is 15.9 Å². The van der Waals surface area contributed by atoms with Gasteiger partial charge in [-0.1, -0.05) is 23.7 Å². The lowest BCUT2D eigenvalue weighted by Crippen LogP contribution is -2.52. The van der Waals surface area contributed by atoms with E-state index >= 15 is 0 Å². The molecule has 28 heavy (non-hydrogen) atoms. The number of halogens is 1. The van der Waals surface area contributed by atoms with Crippen LogP contribution in [0.3, 0.4) is 0 Å². The fraction of sp³-hybridized carbons (Fsp3) is 0.421. The lowest BCUT2D eigenvalue weighted by molar-refractivity contribution is -0.132. The third-order valence-corrected chi connectivity index (χ3v) is 8.62. The molecule has 3 atom stereocenters. The molecule has 6 nitrogen and oxygen atoms in total. The molecular formula is C19H21ClN2O4S2. The molecule has 2 heterocycles. The quantitative estimate of drug-likeness (QED) is 0.749. The van der Waals surface area contributed by atoms with Gasteiger partial charge in [-0.2, -0.15) is 0 Å². The van der Waals surface area contributed by atoms with Crippen molar-refractivity contribution >= 4 is 38.9 Å². The van der Waals surface area contributed by atoms with Gasteiger partial charge in [-0.3, -0.25) is 4.79 Å². The Morgan fingerprint density at radius 1 is 1.36 bits per heavy atom. The van der Waals surface area contributed by atoms with Crippen LogP contribution in [0.4, 0.5) is 0 Å². The van der Waals surface area contributed by atoms with Crippen LogP contribution in [0.2, 0.25) is 5.02 Å². The SMILES string of the molecule is COc1ccc(CC(=O)N2C[C@@H]3C[C@H](NS(=O)(=O)c4cccs4)[C@H]2C3)cc1Cl. The molecule has 2 aliphatic rings. The van der Waals surface area contributed by atoms with Gasteiger partial charge >= 0.3 is 0 Å². The minimum atomic E-state index is -3.54. The predicted octanol–water partition coefficient (Wildman–Crippen LogP) is 2.92. The molecule has 0 spiro atoms. The molecule has 9 heteroatoms. The zero-order valence-corrected chi connectivity index (χ0v) is 17.7. The van der Waals surface area contributed by atoms with E-state index in [4.69, 9.17) is 16.3 Å². The van der Waals surface area contributed by atoms with Crippen molar-refractivity contribution in [3.63, 3.8) is 0 Å². The summed E-state index contributed by atoms with van der Waals surface area (Å²) in [5.41, 5.74) is 0.814. The third kappa shape index (κ3) is 3.78. The molecule has 0 unspecified atom stereocenters. The second-order valence-corrected chi connectivity index (χ2v) is 10.6. The molecule has 1 saturated heterocycles. The maximum absolute atomic E-state index is 12.9. The van der Waals surface area contributed by atoms with Crippen LogP contribution in [-0.2, 0) is 21.2 Å². The van der Waals surface area contributed by atoms with E-state index in [2.05, 4.69) is 4.72 Å². The van der Waals surface area contributed by atoms with Crippen LogP contribution in [0.25, 0.3) is 0 Å². The molecule has 2 aromatic rings. The van der Waals surface area contributed by atoms with Crippen molar-refractivity contribution in [1.29, 1.82) is 0 Å². The van der Waals surface area contributed by atoms with Gasteiger partial charge in [0, 0.05) is 18.6 Å². The molecule has 1 aliphatic heterocycles. The number of likely N-dealkylation sites (tertiary alicyclic amines) is 1. The predicted molar refractivity (Wildman–Crippen MR) is 108 cm³/mol. The van der Waals surface area contributed by atoms with Crippen LogP contribution in [0.5, 0.6) is 5.75 Å². The number of thiophene rings is 1. The first-order valence-electron chi connectivity index (χ1n) is 9.05. The van der Waals surface area contributed by atoms with E-state index in [0.717, 1.165) is 18.4 Å². The Morgan fingerprint density at radius 3 is 2.82 bits per heavy atom. The monoisotopic (exact) mass is 440 g/mol. The summed E-state index contributed by atoms with van der Waals surface area (Å²) in [7, 11) is -2.00. The highest BCUT2D eigenvalue weighted by Crippen LogP contribution is 2.39. The van der Waals surface area contributed by atoms with Gasteiger partial charge in [0.1, 0.15) is 9.96 Å². The number of piperidine rings is 1. The van der Waals surface area contributed by atoms with Crippen molar-refractivity contribution in [2.24, 2.45) is 5.92 Å². The molecule has 1 saturated carbocycles. The topological polar surface area (TPSA) is 75.7 Å². The van der Waals surface area contributed by atoms with E-state index in [9.17, 15) is 13.2 Å². The summed E-state index contributed by atoms with van der Waals surface area (Å²) in [5.74, 6) is 0.902. The molecule has 4 rings (SSSR count). The van der Waals surface area contributed by atoms with Gasteiger partial charge < -0.3 is 9.64 Å². The summed E-state index contributed by atoms with van der Waals surface area (Å²) < 4.78 is 33.4. The number of hydrogen-bond acceptors (Lipinski definition) is 5. The molecule has 1 aromatic carbocycles. The van der Waals surface area contributed by atoms with E-state index < -0.39 is 10.0 Å². The number of benzene rings is 1. The van der Waals surface area contributed by atoms with E-state index in [-0.39, 0.29) is 24.4 Å². The number of methoxy groups -OCH3 is 1. The average molecular weight is 441 g/mol. The van der Waals surface area contributed by atoms with E-state index in [0.29, 0.717) is 27.4 Å². The molecule has 1 amide bonds. The zero-order valence-electron chi connectivity index (χ0n) is 15.3. The van der Waals surface area contributed by atoms with Crippen molar-refractivity contribution in [2.75, 3.05) is 13.7 Å². The maximum atomic E-state index is 12.9. The van der Waals surface area contributed by atoms with Crippen molar-refractivity contribution in [2.45, 2.75) is 35.6 Å². The average Bonchev–Trinajstić information content (AvgIpc) is 3.38. The molecule has 150 valence electrons. The van der Waals surface area contributed by atoms with Crippen LogP contribution in [0.15, 0.2) is 39.9 Å². The summed E-state index contributed by atoms with van der Waals surface area (Å²) in [6.45, 7) is 0.685. The number of carbonyl (C=O) groups is 1. The molecule has 1 aromatic heterocycles. The van der Waals surface area contributed by atoms with Gasteiger partial charge in [0.05, 0.1) is 18.6 Å². The lowest BCUT2D eigenvalue weighted by Gasteiger charge is -2.33. The Morgan fingerprint density at radius 2 is 2.18 bits per heavy atom. The van der Waals surface area contributed by atoms with Gasteiger partial charge in [-0.05, 0) is 47.9 Å². The van der Waals surface area contributed by atoms with E-state index in [1.807, 2.05) is 11.0 Å². The number of nitrogens with zero attached hydrogens (tertiary/aromatic N) is 1. The number of nitrogens with one attached hydrogen (secondary N) is 1. The van der Waals surface area contributed by atoms with Gasteiger partial charge in [0.25, 0.3) is 0 Å². The normalized spacial score (nSPS) is 23.9. The van der Waals surface area contributed by atoms with Crippen LogP contribution in [0.1, 0.15) is 18.4 Å². The summed E-state index contributed by atoms with van der Waals surface area (Å²) in [6.07, 6.45) is 1.84. The standard InChI is InChI=1S/C19H21ClN2O4S2/c1-26-17-5-4-12(7-14(17)20)10-18(23)22-11-13-8-15(16(22)9-13)21-28(24,25)19-3-2-6-27-19/h2-7,13,15-16,21H,8-11H2,1H3/t13-,15+,16-/m1/s1. The fourth-order valence-electron chi connectivity index (χ4n) is 4.21. The number of fused-ring (bicyclic) bond motifs is 2. The van der Waals surface area contributed by atoms with Crippen molar-refractivity contribution in [3.05, 3.63) is 46.3 Å². The number of amides is 1. The smallest absolute Gasteiger partial charge is 0.250 e. The summed E-state index contributed by atoms with van der Waals surface area (Å²) in [4.78, 5) is 14.7. The van der Waals surface area contributed by atoms with Crippen LogP contribution < -0.4 is 9.46 Å². The summed E-state index contributed by atoms with van der Waals surface area (Å²) in [6, 6.07) is 8.29. The Hall–Kier alpha value is -1.61. The number of rotatable bonds is 6. The van der Waals surface area contributed by atoms with Crippen LogP contribution in [0, 0.1) is 5.92 Å². The molecule has 2 fully saturated rings. The highest BCUT2D eigenvalue weighted by Gasteiger charge is 2.48. The highest BCUT2D eigenvalue weighted by atomic mass is 35.5. The second kappa shape index (κ2) is 7.67. The van der Waals surface area contributed by atoms with Crippen molar-refractivity contribution < 1.29 is 17.9 Å². The zero-order chi connectivity index (χ0) is 19.9. The first-order chi connectivity index (χ1) is 13.4. The minimum Gasteiger partial charge on any atom is -0.495 e. The van der Waals surface area contributed by atoms with Crippen LogP contribution >= 0.6 is 22.9 Å². The molecular weight excluding hydrogens is 420 g/mol. The van der Waals surface area contributed by atoms with Crippen molar-refractivity contribution in [3.8, 4) is 5.75 Å². The summed E-state index contributed by atoms with van der Waals surface area (Å²) >= 11 is 7.35. The largest absolute Gasteiger partial charge is 0.495 e. The first-order valence-corrected chi connectivity index (χ1v) is 11.8. The number of hydrogen-bond donors (Lipinski definition) is 1. The fourth-order valence-corrected chi connectivity index (χ4v) is 6.78. The molecule has 1 aliphatic carbocycles. The Labute approximate surface area is 173 Å². The van der Waals surface area contributed by atoms with Gasteiger partial charge in [0.15, 0.2) is 0 Å². The van der Waals surface area contributed by atoms with E-state index in [1.54, 1.807) is 36.8 Å². The van der Waals surface area contributed by atoms with Crippen LogP contribution in [-0.4, -0.2) is 45.0 Å². The van der Waals surface area contributed by atoms with Crippen molar-refractivity contribution in [1.82, 2.24) is 9.62 Å². The Bertz CT molecular complexity index is 978. The second-order valence-electron chi connectivity index (χ2n) is 7.26. The Kier molecular flexibility index (Phi) is 5.39. The number of carbonyl (C=O) groups excluding carboxylic acids is 1. The third-order valence-electron chi connectivity index (χ3n) is 5.44. The first kappa shape index (κ1) is 19.7. The number of sulfonamides is 1.